The highest BCUT2D eigenvalue weighted by Crippen LogP contribution is 2.41. The van der Waals surface area contributed by atoms with E-state index >= 15 is 0 Å². The SMILES string of the molecule is C[n+]1ccc(SCC2=C(C(=O)O)N3C(=O)[C@H](NC(=S)Cc4cc(Cl)nc(Cl)c4)[C@H]3SC2)cc1. The van der Waals surface area contributed by atoms with Crippen LogP contribution in [0, 0.1) is 0 Å². The molecule has 0 saturated carbocycles. The van der Waals surface area contributed by atoms with Crippen LogP contribution in [-0.2, 0) is 23.1 Å². The minimum Gasteiger partial charge on any atom is -0.477 e. The van der Waals surface area contributed by atoms with Crippen LogP contribution < -0.4 is 9.88 Å². The third kappa shape index (κ3) is 5.46. The van der Waals surface area contributed by atoms with Gasteiger partial charge in [0.15, 0.2) is 12.4 Å². The molecular weight excluding hydrogens is 523 g/mol. The summed E-state index contributed by atoms with van der Waals surface area (Å²) >= 11 is 20.4. The lowest BCUT2D eigenvalue weighted by molar-refractivity contribution is -0.671. The number of thioether (sulfide) groups is 2. The number of aryl methyl sites for hydroxylation is 1. The van der Waals surface area contributed by atoms with Gasteiger partial charge in [0.1, 0.15) is 34.5 Å². The zero-order chi connectivity index (χ0) is 23.7. The monoisotopic (exact) mass is 541 g/mol. The topological polar surface area (TPSA) is 86.4 Å². The summed E-state index contributed by atoms with van der Waals surface area (Å²) in [6, 6.07) is 6.70. The van der Waals surface area contributed by atoms with E-state index in [0.29, 0.717) is 22.9 Å². The van der Waals surface area contributed by atoms with Crippen LogP contribution in [0.1, 0.15) is 5.56 Å². The molecule has 2 aliphatic rings. The van der Waals surface area contributed by atoms with Crippen LogP contribution in [0.4, 0.5) is 0 Å². The van der Waals surface area contributed by atoms with Crippen LogP contribution in [-0.4, -0.2) is 54.8 Å². The lowest BCUT2D eigenvalue weighted by Gasteiger charge is -2.49. The number of halogens is 2. The van der Waals surface area contributed by atoms with Gasteiger partial charge in [0.05, 0.1) is 4.99 Å². The molecule has 0 aromatic carbocycles. The second-order valence-electron chi connectivity index (χ2n) is 7.50. The third-order valence-corrected chi connectivity index (χ3v) is 8.20. The summed E-state index contributed by atoms with van der Waals surface area (Å²) in [5, 5.41) is 13.1. The standard InChI is InChI=1S/C21H18Cl2N4O3S3/c1-26-4-2-13(3-5-26)32-9-12-10-33-20-17(19(28)27(20)18(12)21(29)30)25-16(31)8-11-6-14(22)24-15(23)7-11/h2-7,17,20H,8-10H2,1H3,(H-,25,29,30,31)/p+1/t17-,20+/m0/s1. The van der Waals surface area contributed by atoms with Crippen LogP contribution in [0.2, 0.25) is 10.3 Å². The van der Waals surface area contributed by atoms with E-state index in [4.69, 9.17) is 35.4 Å². The molecule has 0 unspecified atom stereocenters. The zero-order valence-corrected chi connectivity index (χ0v) is 21.3. The van der Waals surface area contributed by atoms with E-state index < -0.39 is 12.0 Å². The van der Waals surface area contributed by atoms with Crippen molar-refractivity contribution in [3.8, 4) is 0 Å². The van der Waals surface area contributed by atoms with Crippen molar-refractivity contribution < 1.29 is 19.3 Å². The highest BCUT2D eigenvalue weighted by molar-refractivity contribution is 8.01. The summed E-state index contributed by atoms with van der Waals surface area (Å²) in [4.78, 5) is 31.7. The first-order chi connectivity index (χ1) is 15.7. The number of β-lactam (4-membered cyclic amide) rings is 1. The highest BCUT2D eigenvalue weighted by atomic mass is 35.5. The molecule has 0 bridgehead atoms. The molecule has 2 atom stereocenters. The lowest BCUT2D eigenvalue weighted by atomic mass is 10.0. The van der Waals surface area contributed by atoms with E-state index in [2.05, 4.69) is 10.3 Å². The quantitative estimate of drug-likeness (QED) is 0.182. The second-order valence-corrected chi connectivity index (χ2v) is 10.9. The summed E-state index contributed by atoms with van der Waals surface area (Å²) < 4.78 is 1.93. The van der Waals surface area contributed by atoms with Crippen LogP contribution in [0.5, 0.6) is 0 Å². The molecule has 1 amide bonds. The van der Waals surface area contributed by atoms with E-state index in [1.165, 1.54) is 16.7 Å². The number of carbonyl (C=O) groups excluding carboxylic acids is 1. The van der Waals surface area contributed by atoms with Crippen molar-refractivity contribution in [2.24, 2.45) is 7.05 Å². The van der Waals surface area contributed by atoms with Crippen molar-refractivity contribution in [2.75, 3.05) is 11.5 Å². The first-order valence-electron chi connectivity index (χ1n) is 9.82. The van der Waals surface area contributed by atoms with Gasteiger partial charge >= 0.3 is 5.97 Å². The van der Waals surface area contributed by atoms with Crippen molar-refractivity contribution in [1.29, 1.82) is 0 Å². The Bertz CT molecular complexity index is 1140. The Morgan fingerprint density at radius 3 is 2.67 bits per heavy atom. The fourth-order valence-electron chi connectivity index (χ4n) is 3.57. The number of hydrogen-bond donors (Lipinski definition) is 2. The second kappa shape index (κ2) is 10.2. The summed E-state index contributed by atoms with van der Waals surface area (Å²) in [5.74, 6) is -0.360. The van der Waals surface area contributed by atoms with Gasteiger partial charge in [-0.15, -0.1) is 23.5 Å². The van der Waals surface area contributed by atoms with Gasteiger partial charge in [0.2, 0.25) is 0 Å². The normalized spacial score (nSPS) is 19.7. The summed E-state index contributed by atoms with van der Waals surface area (Å²) in [6.45, 7) is 0. The average molecular weight is 543 g/mol. The number of carboxylic acid groups (broad SMARTS) is 1. The number of rotatable bonds is 7. The number of pyridine rings is 2. The van der Waals surface area contributed by atoms with Gasteiger partial charge in [-0.25, -0.2) is 14.3 Å². The maximum Gasteiger partial charge on any atom is 0.352 e. The molecule has 1 fully saturated rings. The molecule has 2 aliphatic heterocycles. The Morgan fingerprint density at radius 1 is 1.36 bits per heavy atom. The number of aromatic nitrogens is 2. The number of nitrogens with one attached hydrogen (secondary N) is 1. The molecule has 2 aromatic heterocycles. The van der Waals surface area contributed by atoms with Gasteiger partial charge in [-0.05, 0) is 23.3 Å². The van der Waals surface area contributed by atoms with Crippen molar-refractivity contribution in [3.63, 3.8) is 0 Å². The van der Waals surface area contributed by atoms with E-state index in [0.717, 1.165) is 16.0 Å². The Hall–Kier alpha value is -1.85. The fraction of sp³-hybridized carbons (Fsp3) is 0.286. The number of amides is 1. The minimum atomic E-state index is -1.09. The summed E-state index contributed by atoms with van der Waals surface area (Å²) in [7, 11) is 1.93. The highest BCUT2D eigenvalue weighted by Gasteiger charge is 2.53. The van der Waals surface area contributed by atoms with Gasteiger partial charge in [-0.3, -0.25) is 9.69 Å². The smallest absolute Gasteiger partial charge is 0.352 e. The van der Waals surface area contributed by atoms with Crippen LogP contribution in [0.3, 0.4) is 0 Å². The van der Waals surface area contributed by atoms with Crippen LogP contribution in [0.15, 0.2) is 52.8 Å². The molecule has 1 saturated heterocycles. The Kier molecular flexibility index (Phi) is 7.49. The predicted molar refractivity (Wildman–Crippen MR) is 134 cm³/mol. The number of fused-ring (bicyclic) bond motifs is 1. The number of carboxylic acids is 1. The number of carbonyl (C=O) groups is 2. The lowest BCUT2D eigenvalue weighted by Crippen LogP contribution is -2.70. The van der Waals surface area contributed by atoms with Gasteiger partial charge in [0, 0.05) is 35.0 Å². The van der Waals surface area contributed by atoms with E-state index in [9.17, 15) is 14.7 Å². The first kappa shape index (κ1) is 24.3. The van der Waals surface area contributed by atoms with Crippen molar-refractivity contribution in [1.82, 2.24) is 15.2 Å². The average Bonchev–Trinajstić information content (AvgIpc) is 2.75. The molecule has 4 heterocycles. The van der Waals surface area contributed by atoms with Gasteiger partial charge in [0.25, 0.3) is 5.91 Å². The van der Waals surface area contributed by atoms with Gasteiger partial charge in [-0.2, -0.15) is 0 Å². The van der Waals surface area contributed by atoms with Crippen molar-refractivity contribution in [3.05, 3.63) is 63.8 Å². The minimum absolute atomic E-state index is 0.0782. The van der Waals surface area contributed by atoms with Crippen molar-refractivity contribution in [2.45, 2.75) is 22.7 Å². The molecule has 12 heteroatoms. The largest absolute Gasteiger partial charge is 0.477 e. The van der Waals surface area contributed by atoms with Crippen LogP contribution >= 0.6 is 58.9 Å². The number of aliphatic carboxylic acids is 1. The molecule has 0 aliphatic carbocycles. The Morgan fingerprint density at radius 2 is 2.03 bits per heavy atom. The maximum absolute atomic E-state index is 12.9. The Balaban J connectivity index is 1.43. The fourth-order valence-corrected chi connectivity index (χ4v) is 6.74. The number of hydrogen-bond acceptors (Lipinski definition) is 6. The van der Waals surface area contributed by atoms with E-state index in [-0.39, 0.29) is 27.3 Å². The van der Waals surface area contributed by atoms with E-state index in [1.807, 2.05) is 36.1 Å². The summed E-state index contributed by atoms with van der Waals surface area (Å²) in [5.41, 5.74) is 1.59. The summed E-state index contributed by atoms with van der Waals surface area (Å²) in [6.07, 6.45) is 4.22. The molecule has 2 N–H and O–H groups in total. The molecule has 7 nitrogen and oxygen atoms in total. The number of nitrogens with zero attached hydrogens (tertiary/aromatic N) is 3. The molecule has 0 spiro atoms. The maximum atomic E-state index is 12.9. The molecule has 172 valence electrons. The molecule has 0 radical (unpaired) electrons. The van der Waals surface area contributed by atoms with Gasteiger partial charge in [-0.1, -0.05) is 35.4 Å². The molecule has 4 rings (SSSR count). The first-order valence-corrected chi connectivity index (χ1v) is 13.0. The predicted octanol–water partition coefficient (Wildman–Crippen LogP) is 3.09. The third-order valence-electron chi connectivity index (χ3n) is 5.11. The molecular formula is C21H19Cl2N4O3S3+. The van der Waals surface area contributed by atoms with Gasteiger partial charge < -0.3 is 10.4 Å². The zero-order valence-electron chi connectivity index (χ0n) is 17.3. The molecule has 2 aromatic rings. The Labute approximate surface area is 214 Å². The number of thiocarbonyl (C=S) groups is 1. The van der Waals surface area contributed by atoms with Crippen molar-refractivity contribution >= 4 is 75.8 Å². The van der Waals surface area contributed by atoms with E-state index in [1.54, 1.807) is 23.9 Å². The van der Waals surface area contributed by atoms with Crippen LogP contribution in [0.25, 0.3) is 0 Å². The molecule has 33 heavy (non-hydrogen) atoms.